The highest BCUT2D eigenvalue weighted by molar-refractivity contribution is 5.60. The zero-order valence-corrected chi connectivity index (χ0v) is 11.3. The largest absolute Gasteiger partial charge is 0.356 e. The first kappa shape index (κ1) is 12.3. The average Bonchev–Trinajstić information content (AvgIpc) is 2.86. The summed E-state index contributed by atoms with van der Waals surface area (Å²) in [5.74, 6) is 2.06. The summed E-state index contributed by atoms with van der Waals surface area (Å²) in [6.45, 7) is 5.94. The predicted octanol–water partition coefficient (Wildman–Crippen LogP) is 2.22. The molecule has 0 saturated carbocycles. The highest BCUT2D eigenvalue weighted by Gasteiger charge is 2.22. The van der Waals surface area contributed by atoms with Gasteiger partial charge in [-0.05, 0) is 39.8 Å². The minimum Gasteiger partial charge on any atom is -0.356 e. The molecule has 19 heavy (non-hydrogen) atoms. The van der Waals surface area contributed by atoms with Crippen LogP contribution in [0.3, 0.4) is 0 Å². The van der Waals surface area contributed by atoms with E-state index in [9.17, 15) is 0 Å². The lowest BCUT2D eigenvalue weighted by Crippen LogP contribution is -2.27. The van der Waals surface area contributed by atoms with Crippen molar-refractivity contribution in [2.75, 3.05) is 13.1 Å². The molecule has 1 fully saturated rings. The van der Waals surface area contributed by atoms with Crippen molar-refractivity contribution in [2.24, 2.45) is 0 Å². The summed E-state index contributed by atoms with van der Waals surface area (Å²) in [5, 5.41) is 7.34. The summed E-state index contributed by atoms with van der Waals surface area (Å²) in [7, 11) is 0. The van der Waals surface area contributed by atoms with Gasteiger partial charge in [-0.15, -0.1) is 0 Å². The molecule has 1 aliphatic heterocycles. The van der Waals surface area contributed by atoms with Gasteiger partial charge in [0.2, 0.25) is 0 Å². The van der Waals surface area contributed by atoms with Crippen LogP contribution in [0.5, 0.6) is 0 Å². The van der Waals surface area contributed by atoms with E-state index in [2.05, 4.69) is 20.4 Å². The molecule has 3 rings (SSSR count). The molecule has 2 aromatic heterocycles. The fourth-order valence-corrected chi connectivity index (χ4v) is 2.57. The third-order valence-electron chi connectivity index (χ3n) is 3.56. The van der Waals surface area contributed by atoms with Crippen LogP contribution in [0.25, 0.3) is 11.3 Å². The molecule has 0 aromatic carbocycles. The molecule has 2 aromatic rings. The summed E-state index contributed by atoms with van der Waals surface area (Å²) in [4.78, 5) is 8.96. The quantitative estimate of drug-likeness (QED) is 0.894. The number of hydrogen-bond acceptors (Lipinski definition) is 5. The summed E-state index contributed by atoms with van der Waals surface area (Å²) >= 11 is 0. The molecule has 100 valence electrons. The van der Waals surface area contributed by atoms with Crippen LogP contribution in [0.15, 0.2) is 16.8 Å². The van der Waals surface area contributed by atoms with Crippen LogP contribution in [-0.2, 0) is 0 Å². The predicted molar refractivity (Wildman–Crippen MR) is 71.8 cm³/mol. The highest BCUT2D eigenvalue weighted by atomic mass is 16.5. The average molecular weight is 258 g/mol. The molecule has 0 unspecified atom stereocenters. The van der Waals surface area contributed by atoms with E-state index in [1.807, 2.05) is 26.1 Å². The van der Waals surface area contributed by atoms with Gasteiger partial charge in [-0.1, -0.05) is 5.16 Å². The zero-order chi connectivity index (χ0) is 13.2. The van der Waals surface area contributed by atoms with E-state index in [4.69, 9.17) is 4.52 Å². The Hall–Kier alpha value is -1.75. The van der Waals surface area contributed by atoms with E-state index in [1.165, 1.54) is 0 Å². The molecule has 1 N–H and O–H groups in total. The first-order valence-corrected chi connectivity index (χ1v) is 6.72. The van der Waals surface area contributed by atoms with Gasteiger partial charge in [0.1, 0.15) is 5.82 Å². The number of rotatable bonds is 2. The van der Waals surface area contributed by atoms with Crippen LogP contribution in [0.2, 0.25) is 0 Å². The van der Waals surface area contributed by atoms with Crippen LogP contribution in [0.4, 0.5) is 0 Å². The van der Waals surface area contributed by atoms with Gasteiger partial charge in [0.15, 0.2) is 5.76 Å². The first-order chi connectivity index (χ1) is 9.24. The van der Waals surface area contributed by atoms with Crippen LogP contribution in [0.1, 0.15) is 36.0 Å². The molecule has 0 radical (unpaired) electrons. The van der Waals surface area contributed by atoms with Crippen molar-refractivity contribution in [3.8, 4) is 11.3 Å². The SMILES string of the molecule is Cc1cc(-c2cnc(C)nc2C2CCNCC2)on1. The van der Waals surface area contributed by atoms with E-state index in [-0.39, 0.29) is 0 Å². The Morgan fingerprint density at radius 1 is 1.26 bits per heavy atom. The van der Waals surface area contributed by atoms with Crippen LogP contribution < -0.4 is 5.32 Å². The van der Waals surface area contributed by atoms with E-state index >= 15 is 0 Å². The Balaban J connectivity index is 2.03. The van der Waals surface area contributed by atoms with E-state index in [0.717, 1.165) is 54.5 Å². The molecule has 1 aliphatic rings. The number of nitrogens with zero attached hydrogens (tertiary/aromatic N) is 3. The van der Waals surface area contributed by atoms with Crippen molar-refractivity contribution in [2.45, 2.75) is 32.6 Å². The third kappa shape index (κ3) is 2.51. The Morgan fingerprint density at radius 2 is 2.05 bits per heavy atom. The van der Waals surface area contributed by atoms with Gasteiger partial charge in [-0.2, -0.15) is 0 Å². The lowest BCUT2D eigenvalue weighted by Gasteiger charge is -2.23. The van der Waals surface area contributed by atoms with Crippen molar-refractivity contribution in [1.82, 2.24) is 20.4 Å². The third-order valence-corrected chi connectivity index (χ3v) is 3.56. The lowest BCUT2D eigenvalue weighted by molar-refractivity contribution is 0.422. The van der Waals surface area contributed by atoms with E-state index < -0.39 is 0 Å². The normalized spacial score (nSPS) is 16.7. The van der Waals surface area contributed by atoms with Crippen molar-refractivity contribution < 1.29 is 4.52 Å². The summed E-state index contributed by atoms with van der Waals surface area (Å²) in [5.41, 5.74) is 2.97. The molecule has 1 saturated heterocycles. The molecule has 5 heteroatoms. The van der Waals surface area contributed by atoms with Gasteiger partial charge in [0, 0.05) is 18.2 Å². The van der Waals surface area contributed by atoms with E-state index in [0.29, 0.717) is 5.92 Å². The minimum atomic E-state index is 0.475. The lowest BCUT2D eigenvalue weighted by atomic mass is 9.91. The van der Waals surface area contributed by atoms with Crippen molar-refractivity contribution in [1.29, 1.82) is 0 Å². The molecule has 3 heterocycles. The molecule has 0 spiro atoms. The molecule has 0 aliphatic carbocycles. The number of piperidine rings is 1. The van der Waals surface area contributed by atoms with Gasteiger partial charge in [0.05, 0.1) is 17.0 Å². The van der Waals surface area contributed by atoms with Crippen molar-refractivity contribution in [3.63, 3.8) is 0 Å². The van der Waals surface area contributed by atoms with Gasteiger partial charge in [0.25, 0.3) is 0 Å². The Bertz CT molecular complexity index is 573. The number of aromatic nitrogens is 3. The zero-order valence-electron chi connectivity index (χ0n) is 11.3. The van der Waals surface area contributed by atoms with Gasteiger partial charge >= 0.3 is 0 Å². The Labute approximate surface area is 112 Å². The van der Waals surface area contributed by atoms with Gasteiger partial charge in [-0.3, -0.25) is 0 Å². The van der Waals surface area contributed by atoms with Gasteiger partial charge < -0.3 is 9.84 Å². The second kappa shape index (κ2) is 5.09. The molecule has 0 bridgehead atoms. The standard InChI is InChI=1S/C14H18N4O/c1-9-7-13(19-18-9)12-8-16-10(2)17-14(12)11-3-5-15-6-4-11/h7-8,11,15H,3-6H2,1-2H3. The maximum atomic E-state index is 5.38. The Morgan fingerprint density at radius 3 is 2.74 bits per heavy atom. The van der Waals surface area contributed by atoms with Crippen LogP contribution in [0, 0.1) is 13.8 Å². The minimum absolute atomic E-state index is 0.475. The monoisotopic (exact) mass is 258 g/mol. The second-order valence-electron chi connectivity index (χ2n) is 5.07. The topological polar surface area (TPSA) is 63.8 Å². The molecule has 5 nitrogen and oxygen atoms in total. The smallest absolute Gasteiger partial charge is 0.170 e. The van der Waals surface area contributed by atoms with Crippen molar-refractivity contribution in [3.05, 3.63) is 29.5 Å². The molecule has 0 atom stereocenters. The molecular weight excluding hydrogens is 240 g/mol. The fraction of sp³-hybridized carbons (Fsp3) is 0.500. The number of hydrogen-bond donors (Lipinski definition) is 1. The maximum Gasteiger partial charge on any atom is 0.170 e. The maximum absolute atomic E-state index is 5.38. The molecular formula is C14H18N4O. The summed E-state index contributed by atoms with van der Waals surface area (Å²) in [6.07, 6.45) is 4.08. The number of nitrogens with one attached hydrogen (secondary N) is 1. The fourth-order valence-electron chi connectivity index (χ4n) is 2.57. The van der Waals surface area contributed by atoms with Crippen molar-refractivity contribution >= 4 is 0 Å². The van der Waals surface area contributed by atoms with Crippen LogP contribution >= 0.6 is 0 Å². The van der Waals surface area contributed by atoms with E-state index in [1.54, 1.807) is 0 Å². The second-order valence-corrected chi connectivity index (χ2v) is 5.07. The molecule has 0 amide bonds. The summed E-state index contributed by atoms with van der Waals surface area (Å²) < 4.78 is 5.38. The summed E-state index contributed by atoms with van der Waals surface area (Å²) in [6, 6.07) is 1.94. The highest BCUT2D eigenvalue weighted by Crippen LogP contribution is 2.32. The van der Waals surface area contributed by atoms with Crippen LogP contribution in [-0.4, -0.2) is 28.2 Å². The Kier molecular flexibility index (Phi) is 3.29. The number of aryl methyl sites for hydroxylation is 2. The van der Waals surface area contributed by atoms with Gasteiger partial charge in [-0.25, -0.2) is 9.97 Å². The first-order valence-electron chi connectivity index (χ1n) is 6.72.